The number of nitrogens with zero attached hydrogens (tertiary/aromatic N) is 2. The molecule has 0 aliphatic carbocycles. The monoisotopic (exact) mass is 264 g/mol. The van der Waals surface area contributed by atoms with Gasteiger partial charge in [-0.25, -0.2) is 0 Å². The van der Waals surface area contributed by atoms with Crippen LogP contribution < -0.4 is 4.90 Å². The molecule has 1 heterocycles. The van der Waals surface area contributed by atoms with Crippen LogP contribution in [0.2, 0.25) is 5.02 Å². The molecular weight excluding hydrogens is 248 g/mol. The highest BCUT2D eigenvalue weighted by Gasteiger charge is 2.31. The van der Waals surface area contributed by atoms with E-state index in [1.165, 1.54) is 0 Å². The minimum atomic E-state index is -0.104. The molecule has 1 aromatic carbocycles. The van der Waals surface area contributed by atoms with Crippen molar-refractivity contribution >= 4 is 23.2 Å². The van der Waals surface area contributed by atoms with Crippen LogP contribution in [-0.2, 0) is 4.79 Å². The SMILES string of the molecule is C=CCN1CCN(c2ccc(Cl)cc2)C(=O)C1C. The van der Waals surface area contributed by atoms with Gasteiger partial charge in [0.15, 0.2) is 0 Å². The summed E-state index contributed by atoms with van der Waals surface area (Å²) in [6, 6.07) is 7.29. The number of halogens is 1. The van der Waals surface area contributed by atoms with Gasteiger partial charge in [0.05, 0.1) is 6.04 Å². The minimum Gasteiger partial charge on any atom is -0.310 e. The van der Waals surface area contributed by atoms with Gasteiger partial charge in [-0.1, -0.05) is 17.7 Å². The molecule has 1 unspecified atom stereocenters. The molecule has 1 fully saturated rings. The average molecular weight is 265 g/mol. The summed E-state index contributed by atoms with van der Waals surface area (Å²) < 4.78 is 0. The number of carbonyl (C=O) groups is 1. The number of piperazine rings is 1. The molecule has 3 nitrogen and oxygen atoms in total. The Morgan fingerprint density at radius 2 is 2.06 bits per heavy atom. The van der Waals surface area contributed by atoms with Crippen molar-refractivity contribution in [3.63, 3.8) is 0 Å². The Bertz CT molecular complexity index is 444. The zero-order valence-electron chi connectivity index (χ0n) is 10.5. The molecule has 96 valence electrons. The first kappa shape index (κ1) is 13.1. The lowest BCUT2D eigenvalue weighted by Gasteiger charge is -2.38. The number of carbonyl (C=O) groups excluding carboxylic acids is 1. The summed E-state index contributed by atoms with van der Waals surface area (Å²) in [6.45, 7) is 7.98. The summed E-state index contributed by atoms with van der Waals surface area (Å²) in [7, 11) is 0. The summed E-state index contributed by atoms with van der Waals surface area (Å²) in [5.74, 6) is 0.130. The van der Waals surface area contributed by atoms with Crippen molar-refractivity contribution in [2.24, 2.45) is 0 Å². The van der Waals surface area contributed by atoms with Crippen molar-refractivity contribution in [2.75, 3.05) is 24.5 Å². The topological polar surface area (TPSA) is 23.6 Å². The molecule has 0 radical (unpaired) electrons. The molecule has 18 heavy (non-hydrogen) atoms. The molecule has 1 aliphatic rings. The van der Waals surface area contributed by atoms with E-state index in [2.05, 4.69) is 11.5 Å². The molecule has 1 saturated heterocycles. The van der Waals surface area contributed by atoms with Crippen LogP contribution >= 0.6 is 11.6 Å². The summed E-state index contributed by atoms with van der Waals surface area (Å²) in [4.78, 5) is 16.3. The second-order valence-corrected chi connectivity index (χ2v) is 4.86. The van der Waals surface area contributed by atoms with Crippen LogP contribution in [0.4, 0.5) is 5.69 Å². The average Bonchev–Trinajstić information content (AvgIpc) is 2.37. The molecule has 0 N–H and O–H groups in total. The standard InChI is InChI=1S/C14H17ClN2O/c1-3-8-16-9-10-17(14(18)11(16)2)13-6-4-12(15)5-7-13/h3-7,11H,1,8-10H2,2H3. The zero-order valence-corrected chi connectivity index (χ0v) is 11.2. The van der Waals surface area contributed by atoms with E-state index in [9.17, 15) is 4.79 Å². The summed E-state index contributed by atoms with van der Waals surface area (Å²) in [5.41, 5.74) is 0.912. The van der Waals surface area contributed by atoms with Crippen molar-refractivity contribution in [1.82, 2.24) is 4.90 Å². The molecule has 1 aliphatic heterocycles. The van der Waals surface area contributed by atoms with Gasteiger partial charge in [0.1, 0.15) is 0 Å². The maximum Gasteiger partial charge on any atom is 0.244 e. The Labute approximate surface area is 113 Å². The van der Waals surface area contributed by atoms with E-state index >= 15 is 0 Å². The normalized spacial score (nSPS) is 21.1. The van der Waals surface area contributed by atoms with Crippen LogP contribution in [0.15, 0.2) is 36.9 Å². The van der Waals surface area contributed by atoms with Gasteiger partial charge in [0.2, 0.25) is 5.91 Å². The third kappa shape index (κ3) is 2.57. The highest BCUT2D eigenvalue weighted by Crippen LogP contribution is 2.22. The van der Waals surface area contributed by atoms with Crippen LogP contribution in [0.1, 0.15) is 6.92 Å². The van der Waals surface area contributed by atoms with Gasteiger partial charge >= 0.3 is 0 Å². The van der Waals surface area contributed by atoms with Crippen LogP contribution in [0.5, 0.6) is 0 Å². The molecular formula is C14H17ClN2O. The second kappa shape index (κ2) is 5.55. The molecule has 0 saturated carbocycles. The smallest absolute Gasteiger partial charge is 0.244 e. The van der Waals surface area contributed by atoms with Gasteiger partial charge in [-0.3, -0.25) is 9.69 Å². The number of benzene rings is 1. The Morgan fingerprint density at radius 3 is 2.67 bits per heavy atom. The Morgan fingerprint density at radius 1 is 1.39 bits per heavy atom. The van der Waals surface area contributed by atoms with Gasteiger partial charge in [0, 0.05) is 30.3 Å². The Balaban J connectivity index is 2.15. The van der Waals surface area contributed by atoms with Crippen molar-refractivity contribution in [2.45, 2.75) is 13.0 Å². The van der Waals surface area contributed by atoms with E-state index in [0.717, 1.165) is 18.8 Å². The van der Waals surface area contributed by atoms with Crippen molar-refractivity contribution < 1.29 is 4.79 Å². The maximum absolute atomic E-state index is 12.3. The number of anilines is 1. The number of hydrogen-bond donors (Lipinski definition) is 0. The van der Waals surface area contributed by atoms with Gasteiger partial charge in [-0.15, -0.1) is 6.58 Å². The van der Waals surface area contributed by atoms with Gasteiger partial charge < -0.3 is 4.90 Å². The molecule has 4 heteroatoms. The fraction of sp³-hybridized carbons (Fsp3) is 0.357. The third-order valence-corrected chi connectivity index (χ3v) is 3.54. The van der Waals surface area contributed by atoms with E-state index in [0.29, 0.717) is 11.6 Å². The lowest BCUT2D eigenvalue weighted by molar-refractivity contribution is -0.124. The Kier molecular flexibility index (Phi) is 4.04. The highest BCUT2D eigenvalue weighted by atomic mass is 35.5. The molecule has 1 aromatic rings. The van der Waals surface area contributed by atoms with E-state index in [-0.39, 0.29) is 11.9 Å². The molecule has 2 rings (SSSR count). The molecule has 0 spiro atoms. The first-order chi connectivity index (χ1) is 8.63. The summed E-state index contributed by atoms with van der Waals surface area (Å²) in [5, 5.41) is 0.685. The molecule has 0 aromatic heterocycles. The van der Waals surface area contributed by atoms with Crippen LogP contribution in [0.3, 0.4) is 0 Å². The molecule has 1 amide bonds. The van der Waals surface area contributed by atoms with Crippen molar-refractivity contribution in [3.8, 4) is 0 Å². The summed E-state index contributed by atoms with van der Waals surface area (Å²) in [6.07, 6.45) is 1.84. The van der Waals surface area contributed by atoms with Crippen LogP contribution in [0.25, 0.3) is 0 Å². The molecule has 1 atom stereocenters. The van der Waals surface area contributed by atoms with E-state index in [1.807, 2.05) is 42.2 Å². The van der Waals surface area contributed by atoms with Gasteiger partial charge in [-0.2, -0.15) is 0 Å². The van der Waals surface area contributed by atoms with E-state index in [4.69, 9.17) is 11.6 Å². The molecule has 0 bridgehead atoms. The van der Waals surface area contributed by atoms with Crippen molar-refractivity contribution in [3.05, 3.63) is 41.9 Å². The fourth-order valence-electron chi connectivity index (χ4n) is 2.21. The minimum absolute atomic E-state index is 0.104. The highest BCUT2D eigenvalue weighted by molar-refractivity contribution is 6.30. The third-order valence-electron chi connectivity index (χ3n) is 3.28. The quantitative estimate of drug-likeness (QED) is 0.784. The predicted octanol–water partition coefficient (Wildman–Crippen LogP) is 2.56. The van der Waals surface area contributed by atoms with E-state index < -0.39 is 0 Å². The number of amides is 1. The van der Waals surface area contributed by atoms with Crippen LogP contribution in [0, 0.1) is 0 Å². The van der Waals surface area contributed by atoms with Gasteiger partial charge in [-0.05, 0) is 31.2 Å². The largest absolute Gasteiger partial charge is 0.310 e. The summed E-state index contributed by atoms with van der Waals surface area (Å²) >= 11 is 5.86. The first-order valence-corrected chi connectivity index (χ1v) is 6.43. The van der Waals surface area contributed by atoms with Gasteiger partial charge in [0.25, 0.3) is 0 Å². The number of hydrogen-bond acceptors (Lipinski definition) is 2. The first-order valence-electron chi connectivity index (χ1n) is 6.05. The zero-order chi connectivity index (χ0) is 13.1. The maximum atomic E-state index is 12.3. The van der Waals surface area contributed by atoms with Crippen LogP contribution in [-0.4, -0.2) is 36.5 Å². The fourth-order valence-corrected chi connectivity index (χ4v) is 2.33. The second-order valence-electron chi connectivity index (χ2n) is 4.43. The van der Waals surface area contributed by atoms with E-state index in [1.54, 1.807) is 0 Å². The lowest BCUT2D eigenvalue weighted by atomic mass is 10.1. The predicted molar refractivity (Wildman–Crippen MR) is 75.0 cm³/mol. The Hall–Kier alpha value is -1.32. The lowest BCUT2D eigenvalue weighted by Crippen LogP contribution is -2.55. The number of rotatable bonds is 3. The van der Waals surface area contributed by atoms with Crippen molar-refractivity contribution in [1.29, 1.82) is 0 Å².